The average molecular weight is 433 g/mol. The maximum Gasteiger partial charge on any atom is 0.303 e. The van der Waals surface area contributed by atoms with Crippen LogP contribution in [0.15, 0.2) is 12.7 Å². The normalized spacial score (nSPS) is 50.1. The summed E-state index contributed by atoms with van der Waals surface area (Å²) in [5.74, 6) is 2.25. The van der Waals surface area contributed by atoms with Gasteiger partial charge < -0.3 is 15.3 Å². The maximum atomic E-state index is 11.8. The molecule has 0 amide bonds. The van der Waals surface area contributed by atoms with E-state index in [1.54, 1.807) is 0 Å². The van der Waals surface area contributed by atoms with Crippen LogP contribution in [0.25, 0.3) is 0 Å². The van der Waals surface area contributed by atoms with Crippen molar-refractivity contribution >= 4 is 5.97 Å². The van der Waals surface area contributed by atoms with Crippen LogP contribution in [-0.4, -0.2) is 33.5 Å². The van der Waals surface area contributed by atoms with E-state index in [0.717, 1.165) is 32.1 Å². The van der Waals surface area contributed by atoms with Crippen LogP contribution in [-0.2, 0) is 4.79 Å². The summed E-state index contributed by atoms with van der Waals surface area (Å²) in [7, 11) is 0. The zero-order valence-electron chi connectivity index (χ0n) is 19.8. The number of hydrogen-bond donors (Lipinski definition) is 3. The van der Waals surface area contributed by atoms with E-state index in [0.29, 0.717) is 35.5 Å². The summed E-state index contributed by atoms with van der Waals surface area (Å²) in [6, 6.07) is 0. The Balaban J connectivity index is 1.63. The van der Waals surface area contributed by atoms with Crippen LogP contribution in [0.3, 0.4) is 0 Å². The second-order valence-corrected chi connectivity index (χ2v) is 12.1. The number of allylic oxidation sites excluding steroid dienone is 1. The van der Waals surface area contributed by atoms with Crippen LogP contribution >= 0.6 is 0 Å². The minimum absolute atomic E-state index is 0.199. The molecular weight excluding hydrogens is 388 g/mol. The number of aliphatic hydroxyl groups excluding tert-OH is 2. The highest BCUT2D eigenvalue weighted by molar-refractivity contribution is 5.66. The van der Waals surface area contributed by atoms with Crippen molar-refractivity contribution in [1.29, 1.82) is 0 Å². The molecule has 0 aromatic rings. The van der Waals surface area contributed by atoms with Crippen molar-refractivity contribution in [2.24, 2.45) is 52.3 Å². The van der Waals surface area contributed by atoms with Gasteiger partial charge in [0.2, 0.25) is 0 Å². The first-order valence-corrected chi connectivity index (χ1v) is 12.8. The lowest BCUT2D eigenvalue weighted by molar-refractivity contribution is -0.202. The molecule has 4 fully saturated rings. The lowest BCUT2D eigenvalue weighted by atomic mass is 9.41. The molecule has 4 nitrogen and oxygen atoms in total. The first-order chi connectivity index (χ1) is 14.6. The van der Waals surface area contributed by atoms with E-state index in [9.17, 15) is 15.0 Å². The number of carboxylic acids is 1. The quantitative estimate of drug-likeness (QED) is 0.499. The summed E-state index contributed by atoms with van der Waals surface area (Å²) in [5.41, 5.74) is 0.404. The summed E-state index contributed by atoms with van der Waals surface area (Å²) in [4.78, 5) is 11.1. The highest BCUT2D eigenvalue weighted by atomic mass is 16.4. The molecule has 31 heavy (non-hydrogen) atoms. The van der Waals surface area contributed by atoms with Gasteiger partial charge in [-0.1, -0.05) is 26.8 Å². The van der Waals surface area contributed by atoms with Crippen LogP contribution in [0.2, 0.25) is 0 Å². The molecule has 0 aliphatic heterocycles. The first kappa shape index (κ1) is 23.3. The van der Waals surface area contributed by atoms with Crippen LogP contribution < -0.4 is 0 Å². The van der Waals surface area contributed by atoms with Gasteiger partial charge in [-0.05, 0) is 110 Å². The molecule has 0 radical (unpaired) electrons. The Bertz CT molecular complexity index is 691. The zero-order chi connectivity index (χ0) is 22.6. The molecule has 176 valence electrons. The Labute approximate surface area is 188 Å². The fourth-order valence-electron chi connectivity index (χ4n) is 9.46. The summed E-state index contributed by atoms with van der Waals surface area (Å²) in [6.45, 7) is 11.2. The van der Waals surface area contributed by atoms with E-state index in [1.165, 1.54) is 25.7 Å². The second kappa shape index (κ2) is 8.48. The number of carbonyl (C=O) groups is 1. The molecule has 0 heterocycles. The van der Waals surface area contributed by atoms with Crippen molar-refractivity contribution in [3.63, 3.8) is 0 Å². The fraction of sp³-hybridized carbons (Fsp3) is 0.889. The minimum Gasteiger partial charge on any atom is -0.481 e. The number of hydrogen-bond acceptors (Lipinski definition) is 3. The van der Waals surface area contributed by atoms with Crippen molar-refractivity contribution in [1.82, 2.24) is 0 Å². The Morgan fingerprint density at radius 2 is 1.74 bits per heavy atom. The molecule has 3 N–H and O–H groups in total. The molecule has 11 atom stereocenters. The molecular formula is C27H44O4. The predicted octanol–water partition coefficient (Wildman–Crippen LogP) is 5.28. The molecule has 0 aromatic carbocycles. The summed E-state index contributed by atoms with van der Waals surface area (Å²) in [5, 5.41) is 31.4. The van der Waals surface area contributed by atoms with Gasteiger partial charge >= 0.3 is 5.97 Å². The van der Waals surface area contributed by atoms with Gasteiger partial charge in [0.15, 0.2) is 0 Å². The smallest absolute Gasteiger partial charge is 0.303 e. The van der Waals surface area contributed by atoms with E-state index < -0.39 is 5.97 Å². The second-order valence-electron chi connectivity index (χ2n) is 12.1. The third-order valence-corrected chi connectivity index (χ3v) is 10.9. The van der Waals surface area contributed by atoms with Crippen molar-refractivity contribution in [2.45, 2.75) is 97.2 Å². The number of aliphatic carboxylic acids is 1. The number of aliphatic hydroxyl groups is 2. The van der Waals surface area contributed by atoms with Gasteiger partial charge in [0.1, 0.15) is 0 Å². The highest BCUT2D eigenvalue weighted by Crippen LogP contribution is 2.69. The topological polar surface area (TPSA) is 77.8 Å². The van der Waals surface area contributed by atoms with Crippen molar-refractivity contribution in [3.05, 3.63) is 12.7 Å². The summed E-state index contributed by atoms with van der Waals surface area (Å²) in [6.07, 6.45) is 10.8. The van der Waals surface area contributed by atoms with Crippen molar-refractivity contribution < 1.29 is 20.1 Å². The van der Waals surface area contributed by atoms with Crippen LogP contribution in [0, 0.1) is 52.3 Å². The fourth-order valence-corrected chi connectivity index (χ4v) is 9.46. The average Bonchev–Trinajstić information content (AvgIpc) is 3.07. The molecule has 4 saturated carbocycles. The van der Waals surface area contributed by atoms with E-state index in [4.69, 9.17) is 5.11 Å². The third kappa shape index (κ3) is 3.70. The summed E-state index contributed by atoms with van der Waals surface area (Å²) < 4.78 is 0. The van der Waals surface area contributed by atoms with E-state index in [-0.39, 0.29) is 35.4 Å². The van der Waals surface area contributed by atoms with Crippen molar-refractivity contribution in [3.8, 4) is 0 Å². The Kier molecular flexibility index (Phi) is 6.37. The molecule has 0 spiro atoms. The van der Waals surface area contributed by atoms with Crippen molar-refractivity contribution in [2.75, 3.05) is 0 Å². The number of fused-ring (bicyclic) bond motifs is 5. The predicted molar refractivity (Wildman–Crippen MR) is 122 cm³/mol. The molecule has 4 aliphatic rings. The van der Waals surface area contributed by atoms with Gasteiger partial charge in [-0.25, -0.2) is 0 Å². The molecule has 0 bridgehead atoms. The van der Waals surface area contributed by atoms with Gasteiger partial charge in [0.25, 0.3) is 0 Å². The third-order valence-electron chi connectivity index (χ3n) is 10.9. The van der Waals surface area contributed by atoms with Gasteiger partial charge in [-0.15, -0.1) is 6.58 Å². The zero-order valence-corrected chi connectivity index (χ0v) is 19.8. The van der Waals surface area contributed by atoms with Gasteiger partial charge in [-0.2, -0.15) is 0 Å². The molecule has 0 aromatic heterocycles. The molecule has 4 rings (SSSR count). The van der Waals surface area contributed by atoms with Gasteiger partial charge in [-0.3, -0.25) is 4.79 Å². The molecule has 4 aliphatic carbocycles. The standard InChI is InChI=1S/C27H44O4/c1-5-6-18-22-15-17(28)11-13-27(22,4)21-12-14-26(3)19(16(2)7-10-23(29)30)8-9-20(26)24(21)25(18)31/h5,16-22,24-25,28,31H,1,6-15H2,2-4H3,(H,29,30)/t16-,17-,18-,19-,20+,21+,22+,24+,25+,26-,27-/m1/s1. The molecule has 0 unspecified atom stereocenters. The van der Waals surface area contributed by atoms with E-state index in [1.807, 2.05) is 6.08 Å². The lowest BCUT2D eigenvalue weighted by Gasteiger charge is -2.64. The Morgan fingerprint density at radius 3 is 2.42 bits per heavy atom. The largest absolute Gasteiger partial charge is 0.481 e. The van der Waals surface area contributed by atoms with E-state index >= 15 is 0 Å². The monoisotopic (exact) mass is 432 g/mol. The molecule has 0 saturated heterocycles. The van der Waals surface area contributed by atoms with Crippen LogP contribution in [0.1, 0.15) is 85.0 Å². The minimum atomic E-state index is -0.691. The first-order valence-electron chi connectivity index (χ1n) is 12.8. The Morgan fingerprint density at radius 1 is 1.06 bits per heavy atom. The SMILES string of the molecule is C=CC[C@H]1[C@H](O)[C@@H]2[C@H](CC[C@]3(C)[C@@H]([C@H](C)CCC(=O)O)CC[C@@H]23)[C@@]2(C)CC[C@@H](O)C[C@@H]12. The summed E-state index contributed by atoms with van der Waals surface area (Å²) >= 11 is 0. The Hall–Kier alpha value is -0.870. The molecule has 4 heteroatoms. The number of carboxylic acid groups (broad SMARTS) is 1. The lowest BCUT2D eigenvalue weighted by Crippen LogP contribution is -2.62. The van der Waals surface area contributed by atoms with Crippen LogP contribution in [0.4, 0.5) is 0 Å². The van der Waals surface area contributed by atoms with Gasteiger partial charge in [0, 0.05) is 6.42 Å². The van der Waals surface area contributed by atoms with E-state index in [2.05, 4.69) is 27.4 Å². The maximum absolute atomic E-state index is 11.8. The highest BCUT2D eigenvalue weighted by Gasteiger charge is 2.64. The van der Waals surface area contributed by atoms with Gasteiger partial charge in [0.05, 0.1) is 12.2 Å². The number of rotatable bonds is 6. The van der Waals surface area contributed by atoms with Crippen LogP contribution in [0.5, 0.6) is 0 Å².